The van der Waals surface area contributed by atoms with E-state index >= 15 is 0 Å². The van der Waals surface area contributed by atoms with Gasteiger partial charge < -0.3 is 4.74 Å². The van der Waals surface area contributed by atoms with Gasteiger partial charge in [-0.05, 0) is 47.7 Å². The molecule has 0 spiro atoms. The first kappa shape index (κ1) is 9.00. The lowest BCUT2D eigenvalue weighted by molar-refractivity contribution is 0.189. The highest BCUT2D eigenvalue weighted by molar-refractivity contribution is 9.10. The SMILES string of the molecule is CC(Oc1cccc(Br)n1)C1CC1. The Morgan fingerprint density at radius 2 is 2.31 bits per heavy atom. The Morgan fingerprint density at radius 1 is 1.54 bits per heavy atom. The molecule has 3 heteroatoms. The van der Waals surface area contributed by atoms with Crippen molar-refractivity contribution >= 4 is 15.9 Å². The van der Waals surface area contributed by atoms with Crippen molar-refractivity contribution in [2.75, 3.05) is 0 Å². The molecule has 2 rings (SSSR count). The van der Waals surface area contributed by atoms with E-state index in [4.69, 9.17) is 4.74 Å². The van der Waals surface area contributed by atoms with Gasteiger partial charge in [0.1, 0.15) is 10.7 Å². The lowest BCUT2D eigenvalue weighted by Gasteiger charge is -2.12. The van der Waals surface area contributed by atoms with E-state index in [1.807, 2.05) is 18.2 Å². The van der Waals surface area contributed by atoms with Gasteiger partial charge in [0.2, 0.25) is 5.88 Å². The average molecular weight is 242 g/mol. The summed E-state index contributed by atoms with van der Waals surface area (Å²) in [7, 11) is 0. The number of pyridine rings is 1. The highest BCUT2D eigenvalue weighted by Gasteiger charge is 2.29. The molecule has 0 aromatic carbocycles. The Morgan fingerprint density at radius 3 is 2.92 bits per heavy atom. The molecule has 1 heterocycles. The standard InChI is InChI=1S/C10H12BrNO/c1-7(8-5-6-8)13-10-4-2-3-9(11)12-10/h2-4,7-8H,5-6H2,1H3. The lowest BCUT2D eigenvalue weighted by atomic mass is 10.3. The van der Waals surface area contributed by atoms with Crippen molar-refractivity contribution in [3.8, 4) is 5.88 Å². The Hall–Kier alpha value is -0.570. The number of hydrogen-bond donors (Lipinski definition) is 0. The molecule has 1 saturated carbocycles. The first-order valence-corrected chi connectivity index (χ1v) is 5.34. The van der Waals surface area contributed by atoms with Crippen molar-refractivity contribution in [3.63, 3.8) is 0 Å². The van der Waals surface area contributed by atoms with Gasteiger partial charge in [-0.2, -0.15) is 0 Å². The summed E-state index contributed by atoms with van der Waals surface area (Å²) in [6, 6.07) is 5.73. The van der Waals surface area contributed by atoms with Crippen molar-refractivity contribution < 1.29 is 4.74 Å². The predicted octanol–water partition coefficient (Wildman–Crippen LogP) is 3.02. The van der Waals surface area contributed by atoms with E-state index in [1.165, 1.54) is 12.8 Å². The maximum absolute atomic E-state index is 5.68. The summed E-state index contributed by atoms with van der Waals surface area (Å²) in [5.41, 5.74) is 0. The molecule has 0 amide bonds. The monoisotopic (exact) mass is 241 g/mol. The van der Waals surface area contributed by atoms with Gasteiger partial charge in [0.15, 0.2) is 0 Å². The summed E-state index contributed by atoms with van der Waals surface area (Å²) in [6.45, 7) is 2.11. The van der Waals surface area contributed by atoms with E-state index in [0.29, 0.717) is 12.0 Å². The number of rotatable bonds is 3. The molecule has 0 aliphatic heterocycles. The average Bonchev–Trinajstić information content (AvgIpc) is 2.85. The molecule has 1 aromatic rings. The molecule has 13 heavy (non-hydrogen) atoms. The zero-order valence-corrected chi connectivity index (χ0v) is 9.12. The Bertz CT molecular complexity index is 299. The van der Waals surface area contributed by atoms with Gasteiger partial charge in [-0.1, -0.05) is 6.07 Å². The van der Waals surface area contributed by atoms with E-state index in [2.05, 4.69) is 27.8 Å². The molecule has 1 atom stereocenters. The Labute approximate surface area is 86.5 Å². The molecular formula is C10H12BrNO. The number of halogens is 1. The van der Waals surface area contributed by atoms with E-state index in [1.54, 1.807) is 0 Å². The van der Waals surface area contributed by atoms with Crippen LogP contribution in [0.2, 0.25) is 0 Å². The zero-order chi connectivity index (χ0) is 9.26. The van der Waals surface area contributed by atoms with Crippen LogP contribution in [0.1, 0.15) is 19.8 Å². The third kappa shape index (κ3) is 2.44. The summed E-state index contributed by atoms with van der Waals surface area (Å²) >= 11 is 3.31. The molecule has 1 unspecified atom stereocenters. The summed E-state index contributed by atoms with van der Waals surface area (Å²) in [6.07, 6.45) is 2.91. The van der Waals surface area contributed by atoms with Crippen LogP contribution in [-0.4, -0.2) is 11.1 Å². The molecule has 0 radical (unpaired) electrons. The fraction of sp³-hybridized carbons (Fsp3) is 0.500. The third-order valence-corrected chi connectivity index (χ3v) is 2.72. The molecule has 0 N–H and O–H groups in total. The largest absolute Gasteiger partial charge is 0.474 e. The molecule has 1 aliphatic rings. The molecule has 0 saturated heterocycles. The lowest BCUT2D eigenvalue weighted by Crippen LogP contribution is -2.14. The minimum absolute atomic E-state index is 0.307. The van der Waals surface area contributed by atoms with Crippen molar-refractivity contribution in [1.82, 2.24) is 4.98 Å². The topological polar surface area (TPSA) is 22.1 Å². The fourth-order valence-corrected chi connectivity index (χ4v) is 1.63. The van der Waals surface area contributed by atoms with Crippen molar-refractivity contribution in [1.29, 1.82) is 0 Å². The molecule has 2 nitrogen and oxygen atoms in total. The number of aromatic nitrogens is 1. The number of hydrogen-bond acceptors (Lipinski definition) is 2. The van der Waals surface area contributed by atoms with Gasteiger partial charge in [0.25, 0.3) is 0 Å². The molecule has 70 valence electrons. The maximum atomic E-state index is 5.68. The minimum Gasteiger partial charge on any atom is -0.474 e. The van der Waals surface area contributed by atoms with E-state index in [-0.39, 0.29) is 0 Å². The quantitative estimate of drug-likeness (QED) is 0.760. The van der Waals surface area contributed by atoms with Crippen molar-refractivity contribution in [2.45, 2.75) is 25.9 Å². The molecule has 0 bridgehead atoms. The summed E-state index contributed by atoms with van der Waals surface area (Å²) < 4.78 is 6.50. The zero-order valence-electron chi connectivity index (χ0n) is 7.53. The van der Waals surface area contributed by atoms with Crippen LogP contribution in [0.5, 0.6) is 5.88 Å². The number of ether oxygens (including phenoxy) is 1. The van der Waals surface area contributed by atoms with Gasteiger partial charge >= 0.3 is 0 Å². The van der Waals surface area contributed by atoms with Crippen LogP contribution in [0.15, 0.2) is 22.8 Å². The van der Waals surface area contributed by atoms with E-state index in [9.17, 15) is 0 Å². The van der Waals surface area contributed by atoms with Crippen molar-refractivity contribution in [2.24, 2.45) is 5.92 Å². The second kappa shape index (κ2) is 3.66. The Kier molecular flexibility index (Phi) is 2.54. The summed E-state index contributed by atoms with van der Waals surface area (Å²) in [5.74, 6) is 1.47. The van der Waals surface area contributed by atoms with Crippen LogP contribution in [0.3, 0.4) is 0 Å². The van der Waals surface area contributed by atoms with Crippen LogP contribution in [0.4, 0.5) is 0 Å². The fourth-order valence-electron chi connectivity index (χ4n) is 1.31. The summed E-state index contributed by atoms with van der Waals surface area (Å²) in [5, 5.41) is 0. The van der Waals surface area contributed by atoms with Gasteiger partial charge in [-0.15, -0.1) is 0 Å². The second-order valence-corrected chi connectivity index (χ2v) is 4.27. The van der Waals surface area contributed by atoms with Gasteiger partial charge in [-0.25, -0.2) is 4.98 Å². The van der Waals surface area contributed by atoms with Crippen LogP contribution >= 0.6 is 15.9 Å². The van der Waals surface area contributed by atoms with Gasteiger partial charge in [-0.3, -0.25) is 0 Å². The first-order valence-electron chi connectivity index (χ1n) is 4.55. The van der Waals surface area contributed by atoms with Crippen LogP contribution in [-0.2, 0) is 0 Å². The predicted molar refractivity (Wildman–Crippen MR) is 54.8 cm³/mol. The van der Waals surface area contributed by atoms with Gasteiger partial charge in [0.05, 0.1) is 0 Å². The van der Waals surface area contributed by atoms with Crippen molar-refractivity contribution in [3.05, 3.63) is 22.8 Å². The minimum atomic E-state index is 0.307. The summed E-state index contributed by atoms with van der Waals surface area (Å²) in [4.78, 5) is 4.22. The molecule has 1 fully saturated rings. The van der Waals surface area contributed by atoms with Crippen LogP contribution < -0.4 is 4.74 Å². The van der Waals surface area contributed by atoms with Gasteiger partial charge in [0, 0.05) is 6.07 Å². The highest BCUT2D eigenvalue weighted by Crippen LogP contribution is 2.34. The normalized spacial score (nSPS) is 18.3. The Balaban J connectivity index is 2.00. The van der Waals surface area contributed by atoms with Crippen LogP contribution in [0.25, 0.3) is 0 Å². The maximum Gasteiger partial charge on any atom is 0.214 e. The van der Waals surface area contributed by atoms with E-state index < -0.39 is 0 Å². The molecular weight excluding hydrogens is 230 g/mol. The number of nitrogens with zero attached hydrogens (tertiary/aromatic N) is 1. The van der Waals surface area contributed by atoms with E-state index in [0.717, 1.165) is 10.5 Å². The molecule has 1 aromatic heterocycles. The second-order valence-electron chi connectivity index (χ2n) is 3.46. The third-order valence-electron chi connectivity index (χ3n) is 2.28. The molecule has 1 aliphatic carbocycles. The first-order chi connectivity index (χ1) is 6.25. The van der Waals surface area contributed by atoms with Crippen LogP contribution in [0, 0.1) is 5.92 Å². The highest BCUT2D eigenvalue weighted by atomic mass is 79.9. The smallest absolute Gasteiger partial charge is 0.214 e.